The summed E-state index contributed by atoms with van der Waals surface area (Å²) in [5.41, 5.74) is 5.35. The van der Waals surface area contributed by atoms with Gasteiger partial charge in [-0.2, -0.15) is 0 Å². The number of methoxy groups -OCH3 is 1. The van der Waals surface area contributed by atoms with Crippen molar-refractivity contribution in [1.82, 2.24) is 29.3 Å². The highest BCUT2D eigenvalue weighted by Gasteiger charge is 2.48. The third-order valence-corrected chi connectivity index (χ3v) is 14.4. The number of nitrogens with one attached hydrogen (secondary N) is 1. The molecule has 4 aromatic carbocycles. The van der Waals surface area contributed by atoms with Crippen LogP contribution < -0.4 is 9.64 Å². The molecule has 72 heavy (non-hydrogen) atoms. The van der Waals surface area contributed by atoms with E-state index < -0.39 is 11.4 Å². The predicted octanol–water partition coefficient (Wildman–Crippen LogP) is 9.48. The van der Waals surface area contributed by atoms with E-state index in [0.29, 0.717) is 54.6 Å². The number of H-pyrrole nitrogens is 1. The fraction of sp³-hybridized carbons (Fsp3) is 0.455. The normalized spacial score (nSPS) is 20.9. The van der Waals surface area contributed by atoms with Crippen LogP contribution in [0.3, 0.4) is 0 Å². The lowest BCUT2D eigenvalue weighted by molar-refractivity contribution is -0.189. The SMILES string of the molecule is CC(=O)N1CCN(c2ccc(OC[C@H]3CO[C@](Cn4ccnc4)(c4ccc(Cl)cc4Cl)O3)cc2)CC1.COCC(=O)O[C@]1(CCN(C)CCCc2nc3ccccc3[nH]2)CCc2cc(F)ccc2[C@@H]1C(C)C. The van der Waals surface area contributed by atoms with Crippen LogP contribution in [0.2, 0.25) is 10.0 Å². The number of carbonyl (C=O) groups excluding carboxylic acids is 2. The summed E-state index contributed by atoms with van der Waals surface area (Å²) in [5, 5.41) is 1.02. The zero-order chi connectivity index (χ0) is 50.8. The number of nitrogens with zero attached hydrogens (tertiary/aromatic N) is 6. The summed E-state index contributed by atoms with van der Waals surface area (Å²) in [4.78, 5) is 42.9. The van der Waals surface area contributed by atoms with Crippen LogP contribution in [0.15, 0.2) is 104 Å². The zero-order valence-electron chi connectivity index (χ0n) is 41.8. The number of esters is 1. The van der Waals surface area contributed by atoms with Crippen molar-refractivity contribution in [3.8, 4) is 5.75 Å². The highest BCUT2D eigenvalue weighted by Crippen LogP contribution is 2.48. The molecule has 14 nitrogen and oxygen atoms in total. The third kappa shape index (κ3) is 13.0. The zero-order valence-corrected chi connectivity index (χ0v) is 43.3. The Morgan fingerprint density at radius 1 is 1.00 bits per heavy atom. The summed E-state index contributed by atoms with van der Waals surface area (Å²) in [7, 11) is 3.61. The maximum Gasteiger partial charge on any atom is 0.332 e. The van der Waals surface area contributed by atoms with E-state index in [1.165, 1.54) is 13.2 Å². The second-order valence-electron chi connectivity index (χ2n) is 19.4. The molecule has 1 aliphatic carbocycles. The van der Waals surface area contributed by atoms with E-state index in [9.17, 15) is 14.0 Å². The van der Waals surface area contributed by atoms with Crippen LogP contribution in [0.25, 0.3) is 11.0 Å². The van der Waals surface area contributed by atoms with Crippen molar-refractivity contribution in [2.24, 2.45) is 5.92 Å². The maximum atomic E-state index is 14.0. The molecule has 2 fully saturated rings. The average molecular weight is 1030 g/mol. The molecule has 17 heteroatoms. The number of piperazine rings is 1. The number of aromatic amines is 1. The Morgan fingerprint density at radius 2 is 1.79 bits per heavy atom. The van der Waals surface area contributed by atoms with E-state index >= 15 is 0 Å². The Labute approximate surface area is 431 Å². The van der Waals surface area contributed by atoms with E-state index in [2.05, 4.69) is 45.6 Å². The monoisotopic (exact) mass is 1030 g/mol. The van der Waals surface area contributed by atoms with Crippen LogP contribution in [0.5, 0.6) is 5.75 Å². The number of hydrogen-bond acceptors (Lipinski definition) is 11. The molecule has 0 unspecified atom stereocenters. The van der Waals surface area contributed by atoms with Crippen LogP contribution >= 0.6 is 23.2 Å². The first kappa shape index (κ1) is 52.8. The molecule has 4 heterocycles. The van der Waals surface area contributed by atoms with Gasteiger partial charge in [-0.15, -0.1) is 0 Å². The molecule has 4 atom stereocenters. The fourth-order valence-corrected chi connectivity index (χ4v) is 10.9. The van der Waals surface area contributed by atoms with Crippen molar-refractivity contribution < 1.29 is 37.7 Å². The number of anilines is 1. The van der Waals surface area contributed by atoms with Gasteiger partial charge in [-0.1, -0.05) is 61.3 Å². The lowest BCUT2D eigenvalue weighted by Gasteiger charge is -2.47. The number of imidazole rings is 2. The van der Waals surface area contributed by atoms with Crippen molar-refractivity contribution in [1.29, 1.82) is 0 Å². The number of aryl methyl sites for hydroxylation is 2. The number of ether oxygens (including phenoxy) is 5. The third-order valence-electron chi connectivity index (χ3n) is 13.9. The van der Waals surface area contributed by atoms with Crippen molar-refractivity contribution in [2.75, 3.05) is 78.1 Å². The molecule has 0 bridgehead atoms. The summed E-state index contributed by atoms with van der Waals surface area (Å²) in [6, 6.07) is 26.4. The van der Waals surface area contributed by atoms with Crippen molar-refractivity contribution in [3.05, 3.63) is 142 Å². The molecule has 2 saturated heterocycles. The highest BCUT2D eigenvalue weighted by molar-refractivity contribution is 6.35. The largest absolute Gasteiger partial charge is 0.491 e. The van der Waals surface area contributed by atoms with Gasteiger partial charge in [0.1, 0.15) is 42.3 Å². The van der Waals surface area contributed by atoms with Gasteiger partial charge in [-0.3, -0.25) is 4.79 Å². The van der Waals surface area contributed by atoms with Gasteiger partial charge in [0, 0.05) is 94.2 Å². The lowest BCUT2D eigenvalue weighted by atomic mass is 9.65. The number of hydrogen-bond donors (Lipinski definition) is 1. The Hall–Kier alpha value is -5.55. The summed E-state index contributed by atoms with van der Waals surface area (Å²) in [5.74, 6) is 0.457. The summed E-state index contributed by atoms with van der Waals surface area (Å²) < 4.78 is 45.9. The maximum absolute atomic E-state index is 14.0. The van der Waals surface area contributed by atoms with Gasteiger partial charge in [0.25, 0.3) is 0 Å². The molecule has 384 valence electrons. The van der Waals surface area contributed by atoms with Crippen molar-refractivity contribution >= 4 is 51.8 Å². The molecule has 6 aromatic rings. The topological polar surface area (TPSA) is 137 Å². The molecule has 2 aliphatic heterocycles. The number of rotatable bonds is 18. The van der Waals surface area contributed by atoms with Gasteiger partial charge < -0.3 is 47.9 Å². The second-order valence-corrected chi connectivity index (χ2v) is 20.2. The van der Waals surface area contributed by atoms with Gasteiger partial charge in [0.05, 0.1) is 35.5 Å². The van der Waals surface area contributed by atoms with E-state index in [0.717, 1.165) is 91.5 Å². The van der Waals surface area contributed by atoms with E-state index in [1.807, 2.05) is 76.3 Å². The number of carbonyl (C=O) groups is 2. The van der Waals surface area contributed by atoms with E-state index in [-0.39, 0.29) is 42.2 Å². The molecule has 1 amide bonds. The molecule has 3 aliphatic rings. The second kappa shape index (κ2) is 24.0. The van der Waals surface area contributed by atoms with Gasteiger partial charge in [-0.05, 0) is 111 Å². The first-order valence-corrected chi connectivity index (χ1v) is 25.6. The number of halogens is 3. The van der Waals surface area contributed by atoms with Crippen molar-refractivity contribution in [3.63, 3.8) is 0 Å². The molecule has 9 rings (SSSR count). The fourth-order valence-electron chi connectivity index (χ4n) is 10.4. The van der Waals surface area contributed by atoms with E-state index in [1.54, 1.807) is 37.6 Å². The van der Waals surface area contributed by atoms with Crippen LogP contribution in [0, 0.1) is 11.7 Å². The van der Waals surface area contributed by atoms with Crippen molar-refractivity contribution in [2.45, 2.75) is 82.8 Å². The molecule has 0 saturated carbocycles. The van der Waals surface area contributed by atoms with Gasteiger partial charge >= 0.3 is 5.97 Å². The van der Waals surface area contributed by atoms with E-state index in [4.69, 9.17) is 46.9 Å². The number of para-hydroxylation sites is 2. The average Bonchev–Trinajstić information content (AvgIpc) is 4.14. The number of aromatic nitrogens is 4. The quantitative estimate of drug-likeness (QED) is 0.0825. The minimum Gasteiger partial charge on any atom is -0.491 e. The number of amides is 1. The Morgan fingerprint density at radius 3 is 2.50 bits per heavy atom. The number of fused-ring (bicyclic) bond motifs is 2. The van der Waals surface area contributed by atoms with Gasteiger partial charge in [0.2, 0.25) is 11.7 Å². The minimum absolute atomic E-state index is 0.00777. The van der Waals surface area contributed by atoms with Crippen LogP contribution in [-0.2, 0) is 53.7 Å². The standard InChI is InChI=1S/C29H38FN3O3.C26H28Cl2N4O4/c1-20(2)28-23-12-11-22(30)18-21(23)13-14-29(28,36-27(34)19-35-4)15-17-33(3)16-7-10-26-31-24-8-5-6-9-25(24)32-26;1-19(33)31-10-12-32(13-11-31)21-3-5-22(6-4-21)34-15-23-16-35-26(36-23,17-30-9-8-29-18-30)24-7-2-20(27)14-25(24)28/h5-6,8-9,11-12,18,20,28H,7,10,13-17,19H2,1-4H3,(H,31,32);2-9,14,18,23H,10-13,15-17H2,1H3/t28-,29-;23-,26-/m00/s1. The smallest absolute Gasteiger partial charge is 0.332 e. The Balaban J connectivity index is 0.000000193. The lowest BCUT2D eigenvalue weighted by Crippen LogP contribution is -2.49. The molecule has 1 N–H and O–H groups in total. The Kier molecular flexibility index (Phi) is 17.6. The summed E-state index contributed by atoms with van der Waals surface area (Å²) >= 11 is 12.7. The Bertz CT molecular complexity index is 2700. The molecule has 0 spiro atoms. The van der Waals surface area contributed by atoms with Crippen LogP contribution in [0.1, 0.15) is 68.5 Å². The number of benzene rings is 4. The van der Waals surface area contributed by atoms with Crippen LogP contribution in [0.4, 0.5) is 10.1 Å². The minimum atomic E-state index is -1.08. The summed E-state index contributed by atoms with van der Waals surface area (Å²) in [6.45, 7) is 11.7. The first-order valence-electron chi connectivity index (χ1n) is 24.8. The molecular formula is C55H66Cl2FN7O7. The van der Waals surface area contributed by atoms with Gasteiger partial charge in [-0.25, -0.2) is 19.2 Å². The summed E-state index contributed by atoms with van der Waals surface area (Å²) in [6.07, 6.45) is 8.90. The predicted molar refractivity (Wildman–Crippen MR) is 277 cm³/mol. The van der Waals surface area contributed by atoms with Gasteiger partial charge in [0.15, 0.2) is 0 Å². The highest BCUT2D eigenvalue weighted by atomic mass is 35.5. The molecule has 0 radical (unpaired) electrons. The molecular weight excluding hydrogens is 961 g/mol. The van der Waals surface area contributed by atoms with Crippen LogP contribution in [-0.4, -0.2) is 126 Å². The molecule has 2 aromatic heterocycles. The first-order chi connectivity index (χ1) is 34.7.